The molecule has 2 heteroatoms. The maximum absolute atomic E-state index is 9.06. The van der Waals surface area contributed by atoms with Crippen LogP contribution in [0, 0.1) is 6.92 Å². The van der Waals surface area contributed by atoms with Gasteiger partial charge in [-0.05, 0) is 30.7 Å². The molecule has 0 bridgehead atoms. The Hall–Kier alpha value is -1.18. The third-order valence-electron chi connectivity index (χ3n) is 2.25. The van der Waals surface area contributed by atoms with Gasteiger partial charge in [-0.3, -0.25) is 0 Å². The van der Waals surface area contributed by atoms with E-state index < -0.39 is 0 Å². The van der Waals surface area contributed by atoms with Crippen LogP contribution < -0.4 is 4.74 Å². The highest BCUT2D eigenvalue weighted by Crippen LogP contribution is 2.16. The minimum atomic E-state index is 0.276. The fraction of sp³-hybridized carbons (Fsp3) is 0.462. The summed E-state index contributed by atoms with van der Waals surface area (Å²) in [4.78, 5) is 0. The van der Waals surface area contributed by atoms with Gasteiger partial charge in [0.1, 0.15) is 11.5 Å². The molecular formula is C13H19O2. The summed E-state index contributed by atoms with van der Waals surface area (Å²) in [5, 5.41) is 9.06. The average Bonchev–Trinajstić information content (AvgIpc) is 2.26. The number of phenols is 1. The van der Waals surface area contributed by atoms with Crippen molar-refractivity contribution in [1.82, 2.24) is 0 Å². The molecule has 2 nitrogen and oxygen atoms in total. The first-order valence-corrected chi connectivity index (χ1v) is 5.54. The minimum absolute atomic E-state index is 0.276. The van der Waals surface area contributed by atoms with Gasteiger partial charge in [0, 0.05) is 0 Å². The van der Waals surface area contributed by atoms with Crippen molar-refractivity contribution in [2.75, 3.05) is 6.61 Å². The van der Waals surface area contributed by atoms with Crippen molar-refractivity contribution in [2.24, 2.45) is 0 Å². The van der Waals surface area contributed by atoms with E-state index in [4.69, 9.17) is 9.84 Å². The largest absolute Gasteiger partial charge is 0.508 e. The fourth-order valence-electron chi connectivity index (χ4n) is 1.36. The first-order chi connectivity index (χ1) is 7.33. The molecule has 0 atom stereocenters. The van der Waals surface area contributed by atoms with Gasteiger partial charge in [0.15, 0.2) is 0 Å². The van der Waals surface area contributed by atoms with Crippen molar-refractivity contribution in [2.45, 2.75) is 32.1 Å². The Bertz CT molecular complexity index is 254. The summed E-state index contributed by atoms with van der Waals surface area (Å²) < 4.78 is 5.51. The molecule has 15 heavy (non-hydrogen) atoms. The third-order valence-corrected chi connectivity index (χ3v) is 2.25. The average molecular weight is 207 g/mol. The van der Waals surface area contributed by atoms with E-state index in [0.717, 1.165) is 25.2 Å². The number of hydrogen-bond donors (Lipinski definition) is 1. The van der Waals surface area contributed by atoms with E-state index in [0.29, 0.717) is 0 Å². The molecule has 0 saturated heterocycles. The van der Waals surface area contributed by atoms with Crippen LogP contribution in [0.1, 0.15) is 32.1 Å². The maximum atomic E-state index is 9.06. The Morgan fingerprint density at radius 3 is 2.33 bits per heavy atom. The monoisotopic (exact) mass is 207 g/mol. The molecule has 1 N–H and O–H groups in total. The Balaban J connectivity index is 2.07. The zero-order valence-corrected chi connectivity index (χ0v) is 9.11. The standard InChI is InChI=1S/C13H19O2/c1-2-3-4-5-6-11-15-13-9-7-12(14)8-10-13/h7-10,14H,1-6,11H2. The highest BCUT2D eigenvalue weighted by Gasteiger charge is 1.94. The van der Waals surface area contributed by atoms with E-state index in [1.165, 1.54) is 19.3 Å². The number of ether oxygens (including phenoxy) is 1. The van der Waals surface area contributed by atoms with E-state index in [1.807, 2.05) is 0 Å². The topological polar surface area (TPSA) is 29.5 Å². The van der Waals surface area contributed by atoms with Crippen molar-refractivity contribution < 1.29 is 9.84 Å². The van der Waals surface area contributed by atoms with Crippen LogP contribution in [0.25, 0.3) is 0 Å². The molecule has 1 radical (unpaired) electrons. The Morgan fingerprint density at radius 1 is 1.00 bits per heavy atom. The molecule has 1 aromatic carbocycles. The van der Waals surface area contributed by atoms with Crippen LogP contribution >= 0.6 is 0 Å². The van der Waals surface area contributed by atoms with E-state index in [2.05, 4.69) is 6.92 Å². The van der Waals surface area contributed by atoms with Crippen LogP contribution in [-0.4, -0.2) is 11.7 Å². The second-order valence-corrected chi connectivity index (χ2v) is 3.61. The lowest BCUT2D eigenvalue weighted by Gasteiger charge is -2.05. The predicted octanol–water partition coefficient (Wildman–Crippen LogP) is 3.56. The normalized spacial score (nSPS) is 10.2. The van der Waals surface area contributed by atoms with E-state index >= 15 is 0 Å². The van der Waals surface area contributed by atoms with E-state index in [1.54, 1.807) is 24.3 Å². The summed E-state index contributed by atoms with van der Waals surface area (Å²) in [7, 11) is 0. The molecular weight excluding hydrogens is 188 g/mol. The summed E-state index contributed by atoms with van der Waals surface area (Å²) in [5.74, 6) is 1.10. The van der Waals surface area contributed by atoms with Crippen LogP contribution in [0.3, 0.4) is 0 Å². The van der Waals surface area contributed by atoms with Crippen molar-refractivity contribution in [3.8, 4) is 11.5 Å². The van der Waals surface area contributed by atoms with Gasteiger partial charge < -0.3 is 9.84 Å². The van der Waals surface area contributed by atoms with Gasteiger partial charge in [-0.1, -0.05) is 32.6 Å². The molecule has 83 valence electrons. The zero-order valence-electron chi connectivity index (χ0n) is 9.11. The summed E-state index contributed by atoms with van der Waals surface area (Å²) in [6.45, 7) is 4.56. The van der Waals surface area contributed by atoms with Gasteiger partial charge in [-0.15, -0.1) is 0 Å². The summed E-state index contributed by atoms with van der Waals surface area (Å²) >= 11 is 0. The van der Waals surface area contributed by atoms with Crippen LogP contribution in [-0.2, 0) is 0 Å². The fourth-order valence-corrected chi connectivity index (χ4v) is 1.36. The van der Waals surface area contributed by atoms with E-state index in [9.17, 15) is 0 Å². The van der Waals surface area contributed by atoms with Crippen LogP contribution in [0.4, 0.5) is 0 Å². The molecule has 1 rings (SSSR count). The lowest BCUT2D eigenvalue weighted by atomic mass is 10.2. The number of aromatic hydroxyl groups is 1. The number of rotatable bonds is 7. The van der Waals surface area contributed by atoms with Gasteiger partial charge >= 0.3 is 0 Å². The molecule has 0 aliphatic heterocycles. The van der Waals surface area contributed by atoms with Crippen LogP contribution in [0.2, 0.25) is 0 Å². The molecule has 0 aliphatic carbocycles. The molecule has 1 aromatic rings. The lowest BCUT2D eigenvalue weighted by molar-refractivity contribution is 0.304. The van der Waals surface area contributed by atoms with E-state index in [-0.39, 0.29) is 5.75 Å². The predicted molar refractivity (Wildman–Crippen MR) is 62.0 cm³/mol. The Labute approximate surface area is 91.9 Å². The van der Waals surface area contributed by atoms with Crippen molar-refractivity contribution >= 4 is 0 Å². The Kier molecular flexibility index (Phi) is 5.67. The molecule has 0 fully saturated rings. The molecule has 0 unspecified atom stereocenters. The quantitative estimate of drug-likeness (QED) is 0.693. The number of hydrogen-bond acceptors (Lipinski definition) is 2. The zero-order chi connectivity index (χ0) is 10.9. The minimum Gasteiger partial charge on any atom is -0.508 e. The summed E-state index contributed by atoms with van der Waals surface area (Å²) in [6.07, 6.45) is 5.76. The summed E-state index contributed by atoms with van der Waals surface area (Å²) in [5.41, 5.74) is 0. The second-order valence-electron chi connectivity index (χ2n) is 3.61. The number of unbranched alkanes of at least 4 members (excludes halogenated alkanes) is 4. The molecule has 0 saturated carbocycles. The maximum Gasteiger partial charge on any atom is 0.119 e. The van der Waals surface area contributed by atoms with Crippen molar-refractivity contribution in [3.63, 3.8) is 0 Å². The smallest absolute Gasteiger partial charge is 0.119 e. The van der Waals surface area contributed by atoms with Crippen LogP contribution in [0.15, 0.2) is 24.3 Å². The molecule has 0 aromatic heterocycles. The first kappa shape index (κ1) is 11.9. The summed E-state index contributed by atoms with van der Waals surface area (Å²) in [6, 6.07) is 6.84. The van der Waals surface area contributed by atoms with Gasteiger partial charge in [0.25, 0.3) is 0 Å². The van der Waals surface area contributed by atoms with Gasteiger partial charge in [-0.25, -0.2) is 0 Å². The third kappa shape index (κ3) is 5.31. The second kappa shape index (κ2) is 7.16. The van der Waals surface area contributed by atoms with Crippen molar-refractivity contribution in [3.05, 3.63) is 31.2 Å². The van der Waals surface area contributed by atoms with Crippen molar-refractivity contribution in [1.29, 1.82) is 0 Å². The van der Waals surface area contributed by atoms with Gasteiger partial charge in [0.05, 0.1) is 6.61 Å². The van der Waals surface area contributed by atoms with Gasteiger partial charge in [0.2, 0.25) is 0 Å². The molecule has 0 spiro atoms. The highest BCUT2D eigenvalue weighted by atomic mass is 16.5. The Morgan fingerprint density at radius 2 is 1.67 bits per heavy atom. The van der Waals surface area contributed by atoms with Gasteiger partial charge in [-0.2, -0.15) is 0 Å². The first-order valence-electron chi connectivity index (χ1n) is 5.54. The SMILES string of the molecule is [CH2]CCCCCCOc1ccc(O)cc1. The number of benzene rings is 1. The number of phenolic OH excluding ortho intramolecular Hbond substituents is 1. The lowest BCUT2D eigenvalue weighted by Crippen LogP contribution is -1.96. The molecule has 0 amide bonds. The van der Waals surface area contributed by atoms with Crippen LogP contribution in [0.5, 0.6) is 11.5 Å². The molecule has 0 heterocycles. The highest BCUT2D eigenvalue weighted by molar-refractivity contribution is 5.29. The molecule has 0 aliphatic rings.